The van der Waals surface area contributed by atoms with Gasteiger partial charge in [0.1, 0.15) is 4.90 Å². The van der Waals surface area contributed by atoms with Crippen LogP contribution < -0.4 is 11.3 Å². The molecule has 0 bridgehead atoms. The van der Waals surface area contributed by atoms with Gasteiger partial charge in [0.25, 0.3) is 0 Å². The van der Waals surface area contributed by atoms with Crippen molar-refractivity contribution in [3.05, 3.63) is 18.5 Å². The first-order valence-corrected chi connectivity index (χ1v) is 8.05. The Hall–Kier alpha value is -1.22. The maximum absolute atomic E-state index is 12.6. The summed E-state index contributed by atoms with van der Waals surface area (Å²) in [4.78, 5) is 3.96. The highest BCUT2D eigenvalue weighted by Gasteiger charge is 2.31. The summed E-state index contributed by atoms with van der Waals surface area (Å²) in [5.74, 6) is 5.56. The Morgan fingerprint density at radius 3 is 3.05 bits per heavy atom. The Balaban J connectivity index is 2.25. The first kappa shape index (κ1) is 15.2. The van der Waals surface area contributed by atoms with E-state index in [0.29, 0.717) is 25.2 Å². The van der Waals surface area contributed by atoms with Crippen LogP contribution in [0.2, 0.25) is 0 Å². The number of pyridine rings is 1. The summed E-state index contributed by atoms with van der Waals surface area (Å²) in [6.45, 7) is 1.01. The van der Waals surface area contributed by atoms with Crippen molar-refractivity contribution in [2.24, 2.45) is 11.8 Å². The van der Waals surface area contributed by atoms with Gasteiger partial charge in [0.15, 0.2) is 0 Å². The number of aromatic nitrogens is 1. The van der Waals surface area contributed by atoms with E-state index in [-0.39, 0.29) is 17.4 Å². The first-order chi connectivity index (χ1) is 9.59. The molecule has 0 aliphatic carbocycles. The molecule has 1 aliphatic heterocycles. The molecule has 4 N–H and O–H groups in total. The fourth-order valence-electron chi connectivity index (χ4n) is 2.51. The number of aliphatic hydroxyl groups excluding tert-OH is 1. The first-order valence-electron chi connectivity index (χ1n) is 6.61. The summed E-state index contributed by atoms with van der Waals surface area (Å²) < 4.78 is 26.7. The number of anilines is 1. The third kappa shape index (κ3) is 3.09. The average Bonchev–Trinajstić information content (AvgIpc) is 2.48. The van der Waals surface area contributed by atoms with Crippen LogP contribution in [0, 0.1) is 5.92 Å². The third-order valence-corrected chi connectivity index (χ3v) is 5.47. The van der Waals surface area contributed by atoms with E-state index in [1.54, 1.807) is 0 Å². The van der Waals surface area contributed by atoms with Crippen molar-refractivity contribution < 1.29 is 13.5 Å². The molecular formula is C12H20N4O3S. The standard InChI is InChI=1S/C12H20N4O3S/c13-15-11-3-5-14-8-12(11)20(18,19)16-6-1-2-10(9-16)4-7-17/h3,5,8,10,17H,1-2,4,6-7,9,13H2,(H,14,15). The number of nitrogens with one attached hydrogen (secondary N) is 1. The summed E-state index contributed by atoms with van der Waals surface area (Å²) in [6, 6.07) is 1.53. The van der Waals surface area contributed by atoms with Gasteiger partial charge < -0.3 is 10.5 Å². The number of hydrazine groups is 1. The Labute approximate surface area is 118 Å². The highest BCUT2D eigenvalue weighted by Crippen LogP contribution is 2.28. The Morgan fingerprint density at radius 1 is 1.55 bits per heavy atom. The van der Waals surface area contributed by atoms with Crippen LogP contribution in [0.1, 0.15) is 19.3 Å². The molecule has 1 atom stereocenters. The van der Waals surface area contributed by atoms with E-state index in [1.807, 2.05) is 0 Å². The van der Waals surface area contributed by atoms with Crippen LogP contribution >= 0.6 is 0 Å². The second kappa shape index (κ2) is 6.49. The fraction of sp³-hybridized carbons (Fsp3) is 0.583. The molecule has 2 rings (SSSR count). The molecule has 0 spiro atoms. The van der Waals surface area contributed by atoms with Crippen molar-refractivity contribution in [3.8, 4) is 0 Å². The van der Waals surface area contributed by atoms with Crippen LogP contribution in [0.5, 0.6) is 0 Å². The van der Waals surface area contributed by atoms with Crippen molar-refractivity contribution in [2.45, 2.75) is 24.2 Å². The molecule has 1 aromatic heterocycles. The number of hydrogen-bond acceptors (Lipinski definition) is 6. The summed E-state index contributed by atoms with van der Waals surface area (Å²) in [5, 5.41) is 9.00. The Kier molecular flexibility index (Phi) is 4.92. The lowest BCUT2D eigenvalue weighted by atomic mass is 9.97. The molecule has 1 aliphatic rings. The molecule has 1 aromatic rings. The molecule has 112 valence electrons. The van der Waals surface area contributed by atoms with Gasteiger partial charge in [0, 0.05) is 32.1 Å². The lowest BCUT2D eigenvalue weighted by Gasteiger charge is -2.31. The van der Waals surface area contributed by atoms with Crippen molar-refractivity contribution in [1.82, 2.24) is 9.29 Å². The van der Waals surface area contributed by atoms with Crippen LogP contribution in [0.4, 0.5) is 5.69 Å². The van der Waals surface area contributed by atoms with Crippen molar-refractivity contribution in [1.29, 1.82) is 0 Å². The van der Waals surface area contributed by atoms with E-state index in [0.717, 1.165) is 12.8 Å². The van der Waals surface area contributed by atoms with E-state index in [2.05, 4.69) is 10.4 Å². The quantitative estimate of drug-likeness (QED) is 0.527. The molecule has 20 heavy (non-hydrogen) atoms. The van der Waals surface area contributed by atoms with Gasteiger partial charge in [-0.15, -0.1) is 0 Å². The van der Waals surface area contributed by atoms with Gasteiger partial charge >= 0.3 is 0 Å². The number of nitrogen functional groups attached to an aromatic ring is 1. The zero-order valence-electron chi connectivity index (χ0n) is 11.2. The van der Waals surface area contributed by atoms with Gasteiger partial charge in [-0.05, 0) is 31.2 Å². The lowest BCUT2D eigenvalue weighted by molar-refractivity contribution is 0.203. The van der Waals surface area contributed by atoms with Crippen molar-refractivity contribution in [2.75, 3.05) is 25.1 Å². The molecule has 8 heteroatoms. The van der Waals surface area contributed by atoms with Crippen LogP contribution in [0.15, 0.2) is 23.4 Å². The van der Waals surface area contributed by atoms with Crippen LogP contribution in [0.25, 0.3) is 0 Å². The van der Waals surface area contributed by atoms with Crippen molar-refractivity contribution in [3.63, 3.8) is 0 Å². The van der Waals surface area contributed by atoms with Crippen LogP contribution in [0.3, 0.4) is 0 Å². The maximum Gasteiger partial charge on any atom is 0.246 e. The summed E-state index contributed by atoms with van der Waals surface area (Å²) in [7, 11) is -3.61. The van der Waals surface area contributed by atoms with Crippen LogP contribution in [-0.4, -0.2) is 42.5 Å². The molecule has 2 heterocycles. The molecule has 0 radical (unpaired) electrons. The number of nitrogens with zero attached hydrogens (tertiary/aromatic N) is 2. The number of aliphatic hydroxyl groups is 1. The zero-order valence-corrected chi connectivity index (χ0v) is 12.0. The molecule has 0 saturated carbocycles. The molecule has 0 aromatic carbocycles. The fourth-order valence-corrected chi connectivity index (χ4v) is 4.16. The SMILES string of the molecule is NNc1ccncc1S(=O)(=O)N1CCCC(CCO)C1. The van der Waals surface area contributed by atoms with E-state index in [1.165, 1.54) is 22.8 Å². The number of sulfonamides is 1. The normalized spacial score (nSPS) is 20.8. The van der Waals surface area contributed by atoms with Gasteiger partial charge in [-0.3, -0.25) is 10.8 Å². The van der Waals surface area contributed by atoms with Crippen LogP contribution in [-0.2, 0) is 10.0 Å². The predicted octanol–water partition coefficient (Wildman–Crippen LogP) is 0.150. The van der Waals surface area contributed by atoms with Gasteiger partial charge in [-0.2, -0.15) is 4.31 Å². The molecule has 7 nitrogen and oxygen atoms in total. The third-order valence-electron chi connectivity index (χ3n) is 3.58. The molecule has 1 unspecified atom stereocenters. The Bertz CT molecular complexity index is 547. The van der Waals surface area contributed by atoms with E-state index in [4.69, 9.17) is 10.9 Å². The zero-order chi connectivity index (χ0) is 14.6. The summed E-state index contributed by atoms with van der Waals surface area (Å²) in [5.41, 5.74) is 2.73. The highest BCUT2D eigenvalue weighted by molar-refractivity contribution is 7.89. The topological polar surface area (TPSA) is 109 Å². The number of nitrogens with two attached hydrogens (primary N) is 1. The second-order valence-electron chi connectivity index (χ2n) is 4.90. The molecule has 1 saturated heterocycles. The van der Waals surface area contributed by atoms with Gasteiger partial charge in [-0.25, -0.2) is 8.42 Å². The second-order valence-corrected chi connectivity index (χ2v) is 6.81. The molecule has 1 fully saturated rings. The monoisotopic (exact) mass is 300 g/mol. The lowest BCUT2D eigenvalue weighted by Crippen LogP contribution is -2.40. The molecular weight excluding hydrogens is 280 g/mol. The van der Waals surface area contributed by atoms with Crippen molar-refractivity contribution >= 4 is 15.7 Å². The van der Waals surface area contributed by atoms with Gasteiger partial charge in [-0.1, -0.05) is 0 Å². The van der Waals surface area contributed by atoms with Gasteiger partial charge in [0.05, 0.1) is 5.69 Å². The van der Waals surface area contributed by atoms with Gasteiger partial charge in [0.2, 0.25) is 10.0 Å². The number of hydrogen-bond donors (Lipinski definition) is 3. The minimum absolute atomic E-state index is 0.0844. The van der Waals surface area contributed by atoms with E-state index in [9.17, 15) is 8.42 Å². The highest BCUT2D eigenvalue weighted by atomic mass is 32.2. The average molecular weight is 300 g/mol. The van der Waals surface area contributed by atoms with E-state index < -0.39 is 10.0 Å². The molecule has 0 amide bonds. The predicted molar refractivity (Wildman–Crippen MR) is 75.2 cm³/mol. The Morgan fingerprint density at radius 2 is 2.35 bits per heavy atom. The largest absolute Gasteiger partial charge is 0.396 e. The minimum atomic E-state index is -3.61. The minimum Gasteiger partial charge on any atom is -0.396 e. The number of rotatable bonds is 5. The maximum atomic E-state index is 12.6. The summed E-state index contributed by atoms with van der Waals surface area (Å²) in [6.07, 6.45) is 5.16. The smallest absolute Gasteiger partial charge is 0.246 e. The number of piperidine rings is 1. The summed E-state index contributed by atoms with van der Waals surface area (Å²) >= 11 is 0. The van der Waals surface area contributed by atoms with E-state index >= 15 is 0 Å².